The van der Waals surface area contributed by atoms with Gasteiger partial charge in [0.25, 0.3) is 0 Å². The third-order valence-electron chi connectivity index (χ3n) is 6.84. The second-order valence-electron chi connectivity index (χ2n) is 11.5. The lowest BCUT2D eigenvalue weighted by molar-refractivity contribution is -0.200. The number of rotatable bonds is 9. The van der Waals surface area contributed by atoms with Crippen LogP contribution in [0.1, 0.15) is 77.5 Å². The Morgan fingerprint density at radius 1 is 1.12 bits per heavy atom. The largest absolute Gasteiger partial charge is 0.444 e. The van der Waals surface area contributed by atoms with E-state index in [1.54, 1.807) is 39.0 Å². The molecular weight excluding hydrogens is 562 g/mol. The summed E-state index contributed by atoms with van der Waals surface area (Å²) in [6.07, 6.45) is 5.29. The Bertz CT molecular complexity index is 1200. The fraction of sp³-hybridized carbons (Fsp3) is 0.567. The summed E-state index contributed by atoms with van der Waals surface area (Å²) in [4.78, 5) is 45.5. The number of alkyl carbamates (subject to hydrolysis) is 1. The van der Waals surface area contributed by atoms with Gasteiger partial charge in [0, 0.05) is 34.9 Å². The van der Waals surface area contributed by atoms with Crippen molar-refractivity contribution in [2.45, 2.75) is 95.3 Å². The van der Waals surface area contributed by atoms with Gasteiger partial charge in [0.2, 0.25) is 11.8 Å². The lowest BCUT2D eigenvalue weighted by atomic mass is 9.94. The molecule has 3 amide bonds. The average Bonchev–Trinajstić information content (AvgIpc) is 3.43. The third kappa shape index (κ3) is 9.19. The van der Waals surface area contributed by atoms with Crippen LogP contribution in [0.15, 0.2) is 36.4 Å². The van der Waals surface area contributed by atoms with Crippen molar-refractivity contribution in [2.24, 2.45) is 0 Å². The zero-order chi connectivity index (χ0) is 29.5. The first-order valence-corrected chi connectivity index (χ1v) is 16.0. The molecule has 0 saturated carbocycles. The molecule has 4 rings (SSSR count). The van der Waals surface area contributed by atoms with Crippen molar-refractivity contribution < 1.29 is 28.7 Å². The van der Waals surface area contributed by atoms with Gasteiger partial charge in [-0.2, -0.15) is 0 Å². The van der Waals surface area contributed by atoms with Crippen LogP contribution in [-0.2, 0) is 28.6 Å². The molecule has 41 heavy (non-hydrogen) atoms. The van der Waals surface area contributed by atoms with E-state index in [9.17, 15) is 14.4 Å². The molecule has 3 atom stereocenters. The zero-order valence-electron chi connectivity index (χ0n) is 24.2. The second-order valence-corrected chi connectivity index (χ2v) is 14.1. The van der Waals surface area contributed by atoms with Crippen LogP contribution in [0.2, 0.25) is 0 Å². The summed E-state index contributed by atoms with van der Waals surface area (Å²) < 4.78 is 10.5. The van der Waals surface area contributed by atoms with Gasteiger partial charge in [-0.1, -0.05) is 18.6 Å². The van der Waals surface area contributed by atoms with Gasteiger partial charge in [-0.3, -0.25) is 9.59 Å². The van der Waals surface area contributed by atoms with Crippen LogP contribution in [0.4, 0.5) is 10.5 Å². The molecule has 3 heterocycles. The smallest absolute Gasteiger partial charge is 0.408 e. The molecule has 0 radical (unpaired) electrons. The molecule has 9 nitrogen and oxygen atoms in total. The molecule has 0 bridgehead atoms. The number of nitrogens with one attached hydrogen (secondary N) is 3. The number of carbonyl (C=O) groups excluding carboxylic acids is 3. The Hall–Kier alpha value is -2.60. The molecule has 1 unspecified atom stereocenters. The minimum absolute atomic E-state index is 0.137. The highest BCUT2D eigenvalue weighted by Gasteiger charge is 2.38. The number of anilines is 1. The van der Waals surface area contributed by atoms with Gasteiger partial charge >= 0.3 is 6.09 Å². The summed E-state index contributed by atoms with van der Waals surface area (Å²) in [6, 6.07) is 11.0. The molecular formula is C30H41N3O6S2. The first-order valence-electron chi connectivity index (χ1n) is 14.2. The average molecular weight is 604 g/mol. The van der Waals surface area contributed by atoms with Crippen LogP contribution < -0.4 is 16.1 Å². The quantitative estimate of drug-likeness (QED) is 0.286. The van der Waals surface area contributed by atoms with Crippen molar-refractivity contribution in [1.82, 2.24) is 10.8 Å². The number of benzene rings is 1. The number of hydroxylamine groups is 1. The minimum Gasteiger partial charge on any atom is -0.444 e. The van der Waals surface area contributed by atoms with Gasteiger partial charge in [-0.15, -0.1) is 23.1 Å². The lowest BCUT2D eigenvalue weighted by Gasteiger charge is -2.35. The van der Waals surface area contributed by atoms with Crippen LogP contribution >= 0.6 is 23.1 Å². The molecule has 224 valence electrons. The van der Waals surface area contributed by atoms with E-state index in [0.29, 0.717) is 18.7 Å². The number of ether oxygens (including phenoxy) is 2. The van der Waals surface area contributed by atoms with Crippen molar-refractivity contribution in [1.29, 1.82) is 0 Å². The molecule has 2 aromatic rings. The maximum absolute atomic E-state index is 13.0. The Labute approximate surface area is 250 Å². The van der Waals surface area contributed by atoms with Crippen molar-refractivity contribution in [3.05, 3.63) is 41.3 Å². The highest BCUT2D eigenvalue weighted by atomic mass is 32.2. The standard InChI is InChI=1S/C30H41N3O6S2/c1-20(31-28(36)38-29(2,3)4)27(35)32-22-11-9-10-21(18-22)23-13-14-24(41-23)30(15-6-8-17-40-30)19-25(34)33-39-26-12-5-7-16-37-26/h9-11,13-14,18,20,26H,5-8,12,15-17,19H2,1-4H3,(H,31,36)(H,32,35)(H,33,34)/t20-,26?,30+/m1/s1. The molecule has 3 N–H and O–H groups in total. The number of hydrogen-bond donors (Lipinski definition) is 3. The number of amides is 3. The van der Waals surface area contributed by atoms with Crippen LogP contribution in [-0.4, -0.2) is 48.2 Å². The van der Waals surface area contributed by atoms with E-state index in [2.05, 4.69) is 28.2 Å². The fourth-order valence-electron chi connectivity index (χ4n) is 4.79. The SMILES string of the molecule is C[C@@H](NC(=O)OC(C)(C)C)C(=O)Nc1cccc(-c2ccc([C@@]3(CC(=O)NOC4CCCCO4)CCCCS3)s2)c1. The second kappa shape index (κ2) is 14.0. The minimum atomic E-state index is -0.773. The van der Waals surface area contributed by atoms with Crippen LogP contribution in [0.25, 0.3) is 10.4 Å². The summed E-state index contributed by atoms with van der Waals surface area (Å²) in [6.45, 7) is 7.57. The summed E-state index contributed by atoms with van der Waals surface area (Å²) in [5.74, 6) is 0.524. The summed E-state index contributed by atoms with van der Waals surface area (Å²) >= 11 is 3.52. The molecule has 0 aliphatic carbocycles. The predicted octanol–water partition coefficient (Wildman–Crippen LogP) is 6.34. The molecule has 2 fully saturated rings. The summed E-state index contributed by atoms with van der Waals surface area (Å²) in [5.41, 5.74) is 3.59. The number of hydrogen-bond acceptors (Lipinski definition) is 8. The third-order valence-corrected chi connectivity index (χ3v) is 9.92. The van der Waals surface area contributed by atoms with Crippen molar-refractivity contribution in [3.8, 4) is 10.4 Å². The van der Waals surface area contributed by atoms with E-state index in [1.807, 2.05) is 36.0 Å². The van der Waals surface area contributed by atoms with Gasteiger partial charge in [0.15, 0.2) is 6.29 Å². The Balaban J connectivity index is 1.41. The molecule has 2 aliphatic heterocycles. The zero-order valence-corrected chi connectivity index (χ0v) is 25.9. The highest BCUT2D eigenvalue weighted by molar-refractivity contribution is 8.00. The van der Waals surface area contributed by atoms with Gasteiger partial charge in [0.1, 0.15) is 11.6 Å². The Morgan fingerprint density at radius 3 is 2.66 bits per heavy atom. The van der Waals surface area contributed by atoms with E-state index in [1.165, 1.54) is 0 Å². The molecule has 2 aliphatic rings. The van der Waals surface area contributed by atoms with Crippen molar-refractivity contribution in [2.75, 3.05) is 17.7 Å². The Morgan fingerprint density at radius 2 is 1.95 bits per heavy atom. The molecule has 0 spiro atoms. The summed E-state index contributed by atoms with van der Waals surface area (Å²) in [7, 11) is 0. The first kappa shape index (κ1) is 31.3. The fourth-order valence-corrected chi connectivity index (χ4v) is 7.68. The predicted molar refractivity (Wildman–Crippen MR) is 163 cm³/mol. The van der Waals surface area contributed by atoms with Gasteiger partial charge in [0.05, 0.1) is 4.75 Å². The van der Waals surface area contributed by atoms with E-state index < -0.39 is 17.7 Å². The van der Waals surface area contributed by atoms with Gasteiger partial charge in [-0.25, -0.2) is 15.1 Å². The Kier molecular flexibility index (Phi) is 10.7. The van der Waals surface area contributed by atoms with Gasteiger partial charge in [-0.05, 0) is 89.0 Å². The van der Waals surface area contributed by atoms with E-state index >= 15 is 0 Å². The van der Waals surface area contributed by atoms with E-state index in [4.69, 9.17) is 14.3 Å². The lowest BCUT2D eigenvalue weighted by Crippen LogP contribution is -2.43. The van der Waals surface area contributed by atoms with Crippen LogP contribution in [0.3, 0.4) is 0 Å². The van der Waals surface area contributed by atoms with E-state index in [-0.39, 0.29) is 22.9 Å². The summed E-state index contributed by atoms with van der Waals surface area (Å²) in [5, 5.41) is 5.45. The van der Waals surface area contributed by atoms with Crippen LogP contribution in [0.5, 0.6) is 0 Å². The molecule has 1 aromatic carbocycles. The molecule has 1 aromatic heterocycles. The number of thiophene rings is 1. The first-order chi connectivity index (χ1) is 19.5. The van der Waals surface area contributed by atoms with E-state index in [0.717, 1.165) is 59.6 Å². The molecule has 2 saturated heterocycles. The van der Waals surface area contributed by atoms with Crippen LogP contribution in [0, 0.1) is 0 Å². The highest BCUT2D eigenvalue weighted by Crippen LogP contribution is 2.51. The van der Waals surface area contributed by atoms with Crippen molar-refractivity contribution >= 4 is 46.7 Å². The monoisotopic (exact) mass is 603 g/mol. The maximum Gasteiger partial charge on any atom is 0.408 e. The normalized spacial score (nSPS) is 21.9. The number of thioether (sulfide) groups is 1. The topological polar surface area (TPSA) is 115 Å². The number of carbonyl (C=O) groups is 3. The van der Waals surface area contributed by atoms with Crippen molar-refractivity contribution in [3.63, 3.8) is 0 Å². The molecule has 11 heteroatoms. The maximum atomic E-state index is 13.0. The van der Waals surface area contributed by atoms with Gasteiger partial charge < -0.3 is 20.1 Å².